The molecule has 0 atom stereocenters. The smallest absolute Gasteiger partial charge is 0.00135 e. The maximum atomic E-state index is 2.22. The average molecular weight is 543 g/mol. The van der Waals surface area contributed by atoms with E-state index in [1.165, 1.54) is 44.5 Å². The summed E-state index contributed by atoms with van der Waals surface area (Å²) in [6, 6.07) is 34.6. The molecule has 0 N–H and O–H groups in total. The van der Waals surface area contributed by atoms with Crippen molar-refractivity contribution in [1.82, 2.24) is 0 Å². The van der Waals surface area contributed by atoms with Gasteiger partial charge in [-0.25, -0.2) is 0 Å². The molecule has 0 saturated heterocycles. The molecule has 4 aromatic carbocycles. The molecule has 0 aromatic heterocycles. The predicted molar refractivity (Wildman–Crippen MR) is 189 cm³/mol. The lowest BCUT2D eigenvalue weighted by molar-refractivity contribution is 1.26. The van der Waals surface area contributed by atoms with Crippen molar-refractivity contribution in [2.75, 3.05) is 0 Å². The average Bonchev–Trinajstić information content (AvgIpc) is 3.66. The SMILES string of the molecule is CC.CC.CC.CC.CC.CC.CC.c1ccc2c(c1)Cc1ccccc1-2.c1ccc2c(c1)Cc1ccccc1-2. The van der Waals surface area contributed by atoms with Crippen LogP contribution in [0.2, 0.25) is 0 Å². The van der Waals surface area contributed by atoms with Crippen LogP contribution in [0, 0.1) is 0 Å². The Kier molecular flexibility index (Phi) is 29.9. The van der Waals surface area contributed by atoms with Gasteiger partial charge >= 0.3 is 0 Å². The Morgan fingerprint density at radius 1 is 0.250 bits per heavy atom. The van der Waals surface area contributed by atoms with Crippen molar-refractivity contribution in [3.8, 4) is 22.3 Å². The fourth-order valence-electron chi connectivity index (χ4n) is 4.16. The van der Waals surface area contributed by atoms with Crippen molar-refractivity contribution in [1.29, 1.82) is 0 Å². The molecule has 0 spiro atoms. The van der Waals surface area contributed by atoms with Gasteiger partial charge in [0, 0.05) is 0 Å². The van der Waals surface area contributed by atoms with Crippen LogP contribution in [0.5, 0.6) is 0 Å². The second-order valence-electron chi connectivity index (χ2n) is 6.98. The topological polar surface area (TPSA) is 0 Å². The van der Waals surface area contributed by atoms with Gasteiger partial charge in [0.25, 0.3) is 0 Å². The lowest BCUT2D eigenvalue weighted by Gasteiger charge is -1.98. The molecule has 0 nitrogen and oxygen atoms in total. The fraction of sp³-hybridized carbons (Fsp3) is 0.400. The number of hydrogen-bond donors (Lipinski definition) is 0. The van der Waals surface area contributed by atoms with Crippen LogP contribution < -0.4 is 0 Å². The second kappa shape index (κ2) is 28.9. The summed E-state index contributed by atoms with van der Waals surface area (Å²) in [6.45, 7) is 28.0. The van der Waals surface area contributed by atoms with Crippen LogP contribution in [-0.2, 0) is 12.8 Å². The van der Waals surface area contributed by atoms with Gasteiger partial charge in [0.15, 0.2) is 0 Å². The Hall–Kier alpha value is -3.12. The second-order valence-corrected chi connectivity index (χ2v) is 6.98. The summed E-state index contributed by atoms with van der Waals surface area (Å²) in [4.78, 5) is 0. The quantitative estimate of drug-likeness (QED) is 0.179. The molecule has 0 amide bonds. The first kappa shape index (κ1) is 41.4. The van der Waals surface area contributed by atoms with Crippen LogP contribution in [0.25, 0.3) is 22.3 Å². The van der Waals surface area contributed by atoms with Gasteiger partial charge in [-0.15, -0.1) is 0 Å². The first-order chi connectivity index (χ1) is 19.9. The molecular weight excluding hydrogens is 480 g/mol. The van der Waals surface area contributed by atoms with E-state index in [-0.39, 0.29) is 0 Å². The molecule has 0 unspecified atom stereocenters. The standard InChI is InChI=1S/2C13H10.7C2H6/c2*1-3-7-12-10(5-1)9-11-6-2-4-8-13(11)12;7*1-2/h2*1-8H,9H2;7*1-2H3. The maximum Gasteiger partial charge on any atom is -0.00135 e. The molecule has 0 bridgehead atoms. The molecule has 222 valence electrons. The zero-order valence-electron chi connectivity index (χ0n) is 28.7. The largest absolute Gasteiger partial charge is 0.0683 e. The van der Waals surface area contributed by atoms with Crippen LogP contribution in [0.4, 0.5) is 0 Å². The summed E-state index contributed by atoms with van der Waals surface area (Å²) >= 11 is 0. The van der Waals surface area contributed by atoms with E-state index in [1.807, 2.05) is 96.9 Å². The van der Waals surface area contributed by atoms with E-state index in [2.05, 4.69) is 97.1 Å². The van der Waals surface area contributed by atoms with Crippen LogP contribution in [0.15, 0.2) is 97.1 Å². The van der Waals surface area contributed by atoms with Crippen molar-refractivity contribution < 1.29 is 0 Å². The lowest BCUT2D eigenvalue weighted by atomic mass is 10.1. The van der Waals surface area contributed by atoms with Crippen LogP contribution in [0.1, 0.15) is 119 Å². The van der Waals surface area contributed by atoms with E-state index >= 15 is 0 Å². The van der Waals surface area contributed by atoms with Crippen LogP contribution >= 0.6 is 0 Å². The third kappa shape index (κ3) is 12.4. The molecular formula is C40H62. The van der Waals surface area contributed by atoms with Gasteiger partial charge < -0.3 is 0 Å². The summed E-state index contributed by atoms with van der Waals surface area (Å²) in [6.07, 6.45) is 2.21. The number of fused-ring (bicyclic) bond motifs is 6. The Bertz CT molecular complexity index is 912. The highest BCUT2D eigenvalue weighted by atomic mass is 14.2. The van der Waals surface area contributed by atoms with Crippen LogP contribution in [-0.4, -0.2) is 0 Å². The molecule has 0 radical (unpaired) electrons. The molecule has 0 aliphatic heterocycles. The first-order valence-corrected chi connectivity index (χ1v) is 16.2. The summed E-state index contributed by atoms with van der Waals surface area (Å²) in [5.74, 6) is 0. The Morgan fingerprint density at radius 3 is 0.575 bits per heavy atom. The fourth-order valence-corrected chi connectivity index (χ4v) is 4.16. The lowest BCUT2D eigenvalue weighted by Crippen LogP contribution is -1.77. The van der Waals surface area contributed by atoms with E-state index < -0.39 is 0 Å². The van der Waals surface area contributed by atoms with Crippen molar-refractivity contribution in [3.63, 3.8) is 0 Å². The zero-order chi connectivity index (χ0) is 31.3. The molecule has 2 aliphatic rings. The molecule has 0 saturated carbocycles. The molecule has 0 heteroatoms. The van der Waals surface area contributed by atoms with Gasteiger partial charge in [-0.2, -0.15) is 0 Å². The minimum Gasteiger partial charge on any atom is -0.0683 e. The Morgan fingerprint density at radius 2 is 0.400 bits per heavy atom. The monoisotopic (exact) mass is 542 g/mol. The summed E-state index contributed by atoms with van der Waals surface area (Å²) in [7, 11) is 0. The van der Waals surface area contributed by atoms with Crippen molar-refractivity contribution in [2.45, 2.75) is 110 Å². The molecule has 40 heavy (non-hydrogen) atoms. The first-order valence-electron chi connectivity index (χ1n) is 16.2. The Balaban J connectivity index is -0.000000479. The molecule has 4 aromatic rings. The normalized spacial score (nSPS) is 9.05. The molecule has 0 heterocycles. The van der Waals surface area contributed by atoms with Crippen LogP contribution in [0.3, 0.4) is 0 Å². The summed E-state index contributed by atoms with van der Waals surface area (Å²) in [5.41, 5.74) is 11.5. The highest BCUT2D eigenvalue weighted by Crippen LogP contribution is 2.36. The van der Waals surface area contributed by atoms with E-state index in [9.17, 15) is 0 Å². The van der Waals surface area contributed by atoms with Crippen molar-refractivity contribution in [2.24, 2.45) is 0 Å². The van der Waals surface area contributed by atoms with Crippen molar-refractivity contribution >= 4 is 0 Å². The van der Waals surface area contributed by atoms with Crippen molar-refractivity contribution in [3.05, 3.63) is 119 Å². The van der Waals surface area contributed by atoms with E-state index in [1.54, 1.807) is 0 Å². The predicted octanol–water partition coefficient (Wildman–Crippen LogP) is 13.7. The molecule has 0 fully saturated rings. The van der Waals surface area contributed by atoms with E-state index in [0.29, 0.717) is 0 Å². The van der Waals surface area contributed by atoms with Gasteiger partial charge in [0.1, 0.15) is 0 Å². The number of hydrogen-bond acceptors (Lipinski definition) is 0. The number of rotatable bonds is 0. The summed E-state index contributed by atoms with van der Waals surface area (Å²) in [5, 5.41) is 0. The van der Waals surface area contributed by atoms with Gasteiger partial charge in [-0.05, 0) is 57.3 Å². The minimum atomic E-state index is 1.10. The highest BCUT2D eigenvalue weighted by Gasteiger charge is 2.16. The minimum absolute atomic E-state index is 1.10. The maximum absolute atomic E-state index is 2.22. The zero-order valence-corrected chi connectivity index (χ0v) is 28.7. The van der Waals surface area contributed by atoms with Gasteiger partial charge in [0.05, 0.1) is 0 Å². The molecule has 6 rings (SSSR count). The van der Waals surface area contributed by atoms with Gasteiger partial charge in [0.2, 0.25) is 0 Å². The third-order valence-electron chi connectivity index (χ3n) is 5.41. The molecule has 2 aliphatic carbocycles. The van der Waals surface area contributed by atoms with E-state index in [4.69, 9.17) is 0 Å². The number of benzene rings is 4. The van der Waals surface area contributed by atoms with E-state index in [0.717, 1.165) is 12.8 Å². The third-order valence-corrected chi connectivity index (χ3v) is 5.41. The van der Waals surface area contributed by atoms with Gasteiger partial charge in [-0.3, -0.25) is 0 Å². The Labute approximate surface area is 250 Å². The van der Waals surface area contributed by atoms with Gasteiger partial charge in [-0.1, -0.05) is 194 Å². The highest BCUT2D eigenvalue weighted by molar-refractivity contribution is 5.77. The summed E-state index contributed by atoms with van der Waals surface area (Å²) < 4.78 is 0.